The minimum atomic E-state index is -2.89. The maximum Gasteiger partial charge on any atom is 0.186 e. The Hall–Kier alpha value is -2.48. The third kappa shape index (κ3) is 4.05. The van der Waals surface area contributed by atoms with Crippen LogP contribution in [0.2, 0.25) is 0 Å². The van der Waals surface area contributed by atoms with Gasteiger partial charge in [-0.05, 0) is 18.1 Å². The number of hydrogen-bond acceptors (Lipinski definition) is 5. The summed E-state index contributed by atoms with van der Waals surface area (Å²) in [4.78, 5) is 21.6. The number of piperazine rings is 1. The zero-order valence-electron chi connectivity index (χ0n) is 17.4. The second kappa shape index (κ2) is 8.22. The summed E-state index contributed by atoms with van der Waals surface area (Å²) >= 11 is 0. The van der Waals surface area contributed by atoms with Gasteiger partial charge in [-0.2, -0.15) is 0 Å². The van der Waals surface area contributed by atoms with E-state index in [-0.39, 0.29) is 23.6 Å². The summed E-state index contributed by atoms with van der Waals surface area (Å²) in [7, 11) is -2.89. The molecule has 3 aromatic rings. The fourth-order valence-corrected chi connectivity index (χ4v) is 6.77. The van der Waals surface area contributed by atoms with Crippen LogP contribution in [0, 0.1) is 0 Å². The van der Waals surface area contributed by atoms with Gasteiger partial charge >= 0.3 is 0 Å². The van der Waals surface area contributed by atoms with Gasteiger partial charge in [0.15, 0.2) is 15.6 Å². The Labute approximate surface area is 182 Å². The first kappa shape index (κ1) is 20.4. The minimum absolute atomic E-state index is 0.0977. The number of aromatic nitrogens is 1. The van der Waals surface area contributed by atoms with Crippen molar-refractivity contribution in [1.82, 2.24) is 14.8 Å². The Balaban J connectivity index is 1.40. The molecular weight excluding hydrogens is 410 g/mol. The molecule has 3 heterocycles. The number of rotatable bonds is 5. The number of sulfone groups is 1. The molecule has 0 saturated carbocycles. The van der Waals surface area contributed by atoms with Gasteiger partial charge in [-0.1, -0.05) is 48.5 Å². The number of benzene rings is 2. The van der Waals surface area contributed by atoms with Crippen LogP contribution in [0.1, 0.15) is 28.4 Å². The van der Waals surface area contributed by atoms with E-state index in [4.69, 9.17) is 0 Å². The van der Waals surface area contributed by atoms with Crippen molar-refractivity contribution in [3.8, 4) is 0 Å². The number of para-hydroxylation sites is 1. The highest BCUT2D eigenvalue weighted by Gasteiger charge is 2.37. The summed E-state index contributed by atoms with van der Waals surface area (Å²) in [6.45, 7) is 3.05. The van der Waals surface area contributed by atoms with Crippen LogP contribution in [0.25, 0.3) is 10.9 Å². The Morgan fingerprint density at radius 1 is 0.968 bits per heavy atom. The van der Waals surface area contributed by atoms with E-state index in [1.54, 1.807) is 0 Å². The van der Waals surface area contributed by atoms with Crippen molar-refractivity contribution in [3.05, 3.63) is 71.9 Å². The molecule has 1 aromatic heterocycles. The first-order chi connectivity index (χ1) is 15.0. The number of ketones is 1. The smallest absolute Gasteiger partial charge is 0.186 e. The molecule has 0 unspecified atom stereocenters. The van der Waals surface area contributed by atoms with Gasteiger partial charge in [0.25, 0.3) is 0 Å². The normalized spacial score (nSPS) is 23.2. The number of nitrogens with zero attached hydrogens (tertiary/aromatic N) is 2. The van der Waals surface area contributed by atoms with E-state index in [0.717, 1.165) is 49.1 Å². The highest BCUT2D eigenvalue weighted by Crippen LogP contribution is 2.30. The van der Waals surface area contributed by atoms with Crippen LogP contribution in [0.3, 0.4) is 0 Å². The second-order valence-corrected chi connectivity index (χ2v) is 10.8. The van der Waals surface area contributed by atoms with Crippen LogP contribution in [-0.2, 0) is 9.84 Å². The van der Waals surface area contributed by atoms with E-state index >= 15 is 0 Å². The summed E-state index contributed by atoms with van der Waals surface area (Å²) in [6.07, 6.45) is 2.54. The summed E-state index contributed by atoms with van der Waals surface area (Å²) in [5.74, 6) is 0.660. The molecule has 2 saturated heterocycles. The van der Waals surface area contributed by atoms with Crippen molar-refractivity contribution in [1.29, 1.82) is 0 Å². The van der Waals surface area contributed by atoms with Gasteiger partial charge < -0.3 is 4.98 Å². The van der Waals surface area contributed by atoms with E-state index in [1.165, 1.54) is 0 Å². The van der Waals surface area contributed by atoms with Gasteiger partial charge in [0, 0.05) is 54.9 Å². The SMILES string of the molecule is O=C(c1c[nH]c2ccccc12)[C@@H](c1ccccc1)N1CCN([C@@H]2CCS(=O)(=O)C2)CC1. The van der Waals surface area contributed by atoms with Crippen LogP contribution in [0.5, 0.6) is 0 Å². The lowest BCUT2D eigenvalue weighted by atomic mass is 9.95. The number of H-pyrrole nitrogens is 1. The molecule has 0 amide bonds. The zero-order valence-corrected chi connectivity index (χ0v) is 18.2. The molecule has 0 spiro atoms. The van der Waals surface area contributed by atoms with Crippen LogP contribution < -0.4 is 0 Å². The molecule has 2 fully saturated rings. The predicted molar refractivity (Wildman–Crippen MR) is 122 cm³/mol. The van der Waals surface area contributed by atoms with Crippen molar-refractivity contribution < 1.29 is 13.2 Å². The average molecular weight is 438 g/mol. The molecule has 2 aliphatic heterocycles. The molecule has 7 heteroatoms. The van der Waals surface area contributed by atoms with Crippen LogP contribution >= 0.6 is 0 Å². The number of carbonyl (C=O) groups excluding carboxylic acids is 1. The summed E-state index contributed by atoms with van der Waals surface area (Å²) in [6, 6.07) is 17.6. The quantitative estimate of drug-likeness (QED) is 0.622. The maximum absolute atomic E-state index is 13.8. The number of carbonyl (C=O) groups is 1. The highest BCUT2D eigenvalue weighted by molar-refractivity contribution is 7.91. The second-order valence-electron chi connectivity index (χ2n) is 8.55. The fraction of sp³-hybridized carbons (Fsp3) is 0.375. The molecule has 162 valence electrons. The molecule has 0 radical (unpaired) electrons. The Bertz CT molecular complexity index is 1180. The minimum Gasteiger partial charge on any atom is -0.360 e. The molecule has 5 rings (SSSR count). The average Bonchev–Trinajstić information content (AvgIpc) is 3.38. The fourth-order valence-electron chi connectivity index (χ4n) is 5.01. The largest absolute Gasteiger partial charge is 0.360 e. The van der Waals surface area contributed by atoms with Gasteiger partial charge in [-0.3, -0.25) is 14.6 Å². The van der Waals surface area contributed by atoms with Gasteiger partial charge in [-0.25, -0.2) is 8.42 Å². The van der Waals surface area contributed by atoms with Crippen molar-refractivity contribution in [2.45, 2.75) is 18.5 Å². The lowest BCUT2D eigenvalue weighted by molar-refractivity contribution is 0.0589. The number of fused-ring (bicyclic) bond motifs is 1. The Morgan fingerprint density at radius 2 is 1.68 bits per heavy atom. The summed E-state index contributed by atoms with van der Waals surface area (Å²) in [5, 5.41) is 0.947. The van der Waals surface area contributed by atoms with Gasteiger partial charge in [-0.15, -0.1) is 0 Å². The Kier molecular flexibility index (Phi) is 5.42. The van der Waals surface area contributed by atoms with Crippen LogP contribution in [-0.4, -0.2) is 72.7 Å². The first-order valence-electron chi connectivity index (χ1n) is 10.9. The molecule has 2 aliphatic rings. The lowest BCUT2D eigenvalue weighted by Gasteiger charge is -2.40. The molecule has 2 atom stereocenters. The zero-order chi connectivity index (χ0) is 21.4. The molecule has 1 N–H and O–H groups in total. The standard InChI is InChI=1S/C24H27N3O3S/c28-24(21-16-25-22-9-5-4-8-20(21)22)23(18-6-2-1-3-7-18)27-13-11-26(12-14-27)19-10-15-31(29,30)17-19/h1-9,16,19,23,25H,10-15,17H2/t19-,23-/m1/s1. The third-order valence-electron chi connectivity index (χ3n) is 6.66. The van der Waals surface area contributed by atoms with E-state index < -0.39 is 9.84 Å². The van der Waals surface area contributed by atoms with Crippen LogP contribution in [0.4, 0.5) is 0 Å². The van der Waals surface area contributed by atoms with Gasteiger partial charge in [0.1, 0.15) is 0 Å². The number of aromatic amines is 1. The summed E-state index contributed by atoms with van der Waals surface area (Å²) < 4.78 is 23.8. The van der Waals surface area contributed by atoms with Gasteiger partial charge in [0.05, 0.1) is 17.5 Å². The molecular formula is C24H27N3O3S. The Morgan fingerprint density at radius 3 is 2.39 bits per heavy atom. The van der Waals surface area contributed by atoms with E-state index in [2.05, 4.69) is 14.8 Å². The van der Waals surface area contributed by atoms with Crippen molar-refractivity contribution in [2.75, 3.05) is 37.7 Å². The molecule has 0 aliphatic carbocycles. The highest BCUT2D eigenvalue weighted by atomic mass is 32.2. The first-order valence-corrected chi connectivity index (χ1v) is 12.7. The van der Waals surface area contributed by atoms with Crippen molar-refractivity contribution >= 4 is 26.5 Å². The van der Waals surface area contributed by atoms with Crippen molar-refractivity contribution in [2.24, 2.45) is 0 Å². The van der Waals surface area contributed by atoms with E-state index in [1.807, 2.05) is 60.8 Å². The monoisotopic (exact) mass is 437 g/mol. The third-order valence-corrected chi connectivity index (χ3v) is 8.41. The van der Waals surface area contributed by atoms with E-state index in [0.29, 0.717) is 11.3 Å². The molecule has 2 aromatic carbocycles. The molecule has 31 heavy (non-hydrogen) atoms. The van der Waals surface area contributed by atoms with Gasteiger partial charge in [0.2, 0.25) is 0 Å². The molecule has 0 bridgehead atoms. The molecule has 6 nitrogen and oxygen atoms in total. The van der Waals surface area contributed by atoms with Crippen LogP contribution in [0.15, 0.2) is 60.8 Å². The lowest BCUT2D eigenvalue weighted by Crippen LogP contribution is -2.52. The number of Topliss-reactive ketones (excluding diaryl/α,β-unsaturated/α-hetero) is 1. The van der Waals surface area contributed by atoms with E-state index in [9.17, 15) is 13.2 Å². The van der Waals surface area contributed by atoms with Crippen molar-refractivity contribution in [3.63, 3.8) is 0 Å². The topological polar surface area (TPSA) is 73.5 Å². The predicted octanol–water partition coefficient (Wildman–Crippen LogP) is 2.90. The number of hydrogen-bond donors (Lipinski definition) is 1. The summed E-state index contributed by atoms with van der Waals surface area (Å²) in [5.41, 5.74) is 2.67. The maximum atomic E-state index is 13.8. The number of nitrogens with one attached hydrogen (secondary N) is 1.